The largest absolute Gasteiger partial charge is 0.388 e. The van der Waals surface area contributed by atoms with E-state index in [-0.39, 0.29) is 5.41 Å². The average molecular weight is 289 g/mol. The van der Waals surface area contributed by atoms with Gasteiger partial charge in [-0.1, -0.05) is 25.4 Å². The Labute approximate surface area is 118 Å². The average Bonchev–Trinajstić information content (AvgIpc) is 2.50. The van der Waals surface area contributed by atoms with Crippen molar-refractivity contribution in [2.45, 2.75) is 39.2 Å². The molecule has 1 aromatic rings. The zero-order chi connectivity index (χ0) is 13.6. The van der Waals surface area contributed by atoms with Gasteiger partial charge in [-0.05, 0) is 24.5 Å². The van der Waals surface area contributed by atoms with Crippen LogP contribution >= 0.6 is 23.4 Å². The zero-order valence-corrected chi connectivity index (χ0v) is 13.0. The molecule has 1 N–H and O–H groups in total. The molecular weight excluding hydrogens is 268 g/mol. The molecule has 0 radical (unpaired) electrons. The van der Waals surface area contributed by atoms with Gasteiger partial charge in [-0.3, -0.25) is 4.68 Å². The molecule has 0 aliphatic carbocycles. The number of hydrogen-bond acceptors (Lipinski definition) is 3. The molecule has 1 saturated heterocycles. The van der Waals surface area contributed by atoms with E-state index in [0.29, 0.717) is 11.6 Å². The molecule has 102 valence electrons. The number of nitrogens with zero attached hydrogens (tertiary/aromatic N) is 2. The molecule has 5 heteroatoms. The number of halogens is 1. The van der Waals surface area contributed by atoms with Crippen molar-refractivity contribution in [3.05, 3.63) is 16.4 Å². The molecule has 1 aliphatic heterocycles. The first kappa shape index (κ1) is 14.2. The lowest BCUT2D eigenvalue weighted by atomic mass is 9.70. The van der Waals surface area contributed by atoms with Crippen LogP contribution in [0.3, 0.4) is 0 Å². The van der Waals surface area contributed by atoms with E-state index in [1.165, 1.54) is 0 Å². The SMILES string of the molecule is Cc1nn(C)c(Cl)c1CC1(O)CSCCC1(C)C. The Morgan fingerprint density at radius 3 is 2.67 bits per heavy atom. The molecular formula is C13H21ClN2OS. The Kier molecular flexibility index (Phi) is 3.74. The Balaban J connectivity index is 2.32. The van der Waals surface area contributed by atoms with Crippen molar-refractivity contribution in [1.82, 2.24) is 9.78 Å². The molecule has 18 heavy (non-hydrogen) atoms. The minimum Gasteiger partial charge on any atom is -0.388 e. The molecule has 1 fully saturated rings. The summed E-state index contributed by atoms with van der Waals surface area (Å²) in [5, 5.41) is 16.0. The van der Waals surface area contributed by atoms with Gasteiger partial charge >= 0.3 is 0 Å². The normalized spacial score (nSPS) is 27.4. The van der Waals surface area contributed by atoms with Crippen LogP contribution in [0.2, 0.25) is 5.15 Å². The van der Waals surface area contributed by atoms with Crippen LogP contribution in [0.25, 0.3) is 0 Å². The molecule has 2 heterocycles. The quantitative estimate of drug-likeness (QED) is 0.909. The fourth-order valence-electron chi connectivity index (χ4n) is 2.45. The van der Waals surface area contributed by atoms with Crippen molar-refractivity contribution >= 4 is 23.4 Å². The molecule has 0 spiro atoms. The van der Waals surface area contributed by atoms with Gasteiger partial charge in [0.2, 0.25) is 0 Å². The molecule has 1 aliphatic rings. The first-order chi connectivity index (χ1) is 8.27. The molecule has 1 aromatic heterocycles. The third kappa shape index (κ3) is 2.30. The van der Waals surface area contributed by atoms with Gasteiger partial charge in [0.05, 0.1) is 11.3 Å². The summed E-state index contributed by atoms with van der Waals surface area (Å²) in [6.07, 6.45) is 1.62. The number of thioether (sulfide) groups is 1. The molecule has 0 saturated carbocycles. The van der Waals surface area contributed by atoms with Crippen LogP contribution in [0.5, 0.6) is 0 Å². The van der Waals surface area contributed by atoms with E-state index < -0.39 is 5.60 Å². The Bertz CT molecular complexity index is 458. The van der Waals surface area contributed by atoms with Crippen LogP contribution in [0.4, 0.5) is 0 Å². The number of aliphatic hydroxyl groups is 1. The number of hydrogen-bond donors (Lipinski definition) is 1. The highest BCUT2D eigenvalue weighted by Crippen LogP contribution is 2.45. The topological polar surface area (TPSA) is 38.0 Å². The third-order valence-electron chi connectivity index (χ3n) is 4.21. The van der Waals surface area contributed by atoms with Crippen LogP contribution in [0.15, 0.2) is 0 Å². The van der Waals surface area contributed by atoms with Gasteiger partial charge in [-0.2, -0.15) is 16.9 Å². The lowest BCUT2D eigenvalue weighted by Crippen LogP contribution is -2.51. The molecule has 0 aromatic carbocycles. The predicted molar refractivity (Wildman–Crippen MR) is 77.3 cm³/mol. The molecule has 1 atom stereocenters. The predicted octanol–water partition coefficient (Wildman–Crippen LogP) is 2.82. The lowest BCUT2D eigenvalue weighted by Gasteiger charge is -2.46. The van der Waals surface area contributed by atoms with E-state index in [9.17, 15) is 5.11 Å². The summed E-state index contributed by atoms with van der Waals surface area (Å²) < 4.78 is 1.68. The highest BCUT2D eigenvalue weighted by molar-refractivity contribution is 7.99. The van der Waals surface area contributed by atoms with E-state index in [2.05, 4.69) is 18.9 Å². The highest BCUT2D eigenvalue weighted by atomic mass is 35.5. The van der Waals surface area contributed by atoms with E-state index in [4.69, 9.17) is 11.6 Å². The second-order valence-electron chi connectivity index (χ2n) is 5.87. The molecule has 1 unspecified atom stereocenters. The maximum absolute atomic E-state index is 11.0. The summed E-state index contributed by atoms with van der Waals surface area (Å²) >= 11 is 8.09. The fourth-order valence-corrected chi connectivity index (χ4v) is 4.32. The van der Waals surface area contributed by atoms with Crippen molar-refractivity contribution in [2.24, 2.45) is 12.5 Å². The zero-order valence-electron chi connectivity index (χ0n) is 11.5. The first-order valence-corrected chi connectivity index (χ1v) is 7.78. The molecule has 2 rings (SSSR count). The van der Waals surface area contributed by atoms with E-state index in [1.54, 1.807) is 4.68 Å². The van der Waals surface area contributed by atoms with Gasteiger partial charge in [0, 0.05) is 24.8 Å². The summed E-state index contributed by atoms with van der Waals surface area (Å²) in [5.41, 5.74) is 1.12. The van der Waals surface area contributed by atoms with Crippen LogP contribution in [-0.2, 0) is 13.5 Å². The number of aromatic nitrogens is 2. The standard InChI is InChI=1S/C13H21ClN2OS/c1-9-10(11(14)16(4)15-9)7-13(17)8-18-6-5-12(13,2)3/h17H,5-8H2,1-4H3. The van der Waals surface area contributed by atoms with Crippen LogP contribution in [-0.4, -0.2) is 32.0 Å². The van der Waals surface area contributed by atoms with Crippen LogP contribution in [0, 0.1) is 12.3 Å². The van der Waals surface area contributed by atoms with Crippen molar-refractivity contribution in [3.8, 4) is 0 Å². The van der Waals surface area contributed by atoms with Gasteiger partial charge in [0.1, 0.15) is 5.15 Å². The molecule has 0 bridgehead atoms. The van der Waals surface area contributed by atoms with Crippen LogP contribution in [0.1, 0.15) is 31.5 Å². The van der Waals surface area contributed by atoms with E-state index in [1.807, 2.05) is 25.7 Å². The van der Waals surface area contributed by atoms with Crippen molar-refractivity contribution in [3.63, 3.8) is 0 Å². The van der Waals surface area contributed by atoms with E-state index >= 15 is 0 Å². The van der Waals surface area contributed by atoms with Gasteiger partial charge in [-0.25, -0.2) is 0 Å². The second-order valence-corrected chi connectivity index (χ2v) is 7.34. The first-order valence-electron chi connectivity index (χ1n) is 6.25. The fraction of sp³-hybridized carbons (Fsp3) is 0.769. The number of rotatable bonds is 2. The summed E-state index contributed by atoms with van der Waals surface area (Å²) in [6, 6.07) is 0. The summed E-state index contributed by atoms with van der Waals surface area (Å²) in [6.45, 7) is 6.24. The molecule has 0 amide bonds. The Morgan fingerprint density at radius 2 is 2.17 bits per heavy atom. The summed E-state index contributed by atoms with van der Waals surface area (Å²) in [7, 11) is 1.84. The maximum Gasteiger partial charge on any atom is 0.130 e. The smallest absolute Gasteiger partial charge is 0.130 e. The third-order valence-corrected chi connectivity index (χ3v) is 5.86. The second kappa shape index (κ2) is 4.73. The monoisotopic (exact) mass is 288 g/mol. The lowest BCUT2D eigenvalue weighted by molar-refractivity contribution is -0.0513. The van der Waals surface area contributed by atoms with Gasteiger partial charge in [-0.15, -0.1) is 0 Å². The summed E-state index contributed by atoms with van der Waals surface area (Å²) in [4.78, 5) is 0. The maximum atomic E-state index is 11.0. The highest BCUT2D eigenvalue weighted by Gasteiger charge is 2.46. The van der Waals surface area contributed by atoms with Crippen molar-refractivity contribution < 1.29 is 5.11 Å². The Hall–Kier alpha value is -0.190. The Morgan fingerprint density at radius 1 is 1.50 bits per heavy atom. The minimum absolute atomic E-state index is 0.0795. The van der Waals surface area contributed by atoms with Gasteiger partial charge in [0.15, 0.2) is 0 Å². The van der Waals surface area contributed by atoms with E-state index in [0.717, 1.165) is 29.2 Å². The summed E-state index contributed by atoms with van der Waals surface area (Å²) in [5.74, 6) is 1.89. The van der Waals surface area contributed by atoms with Gasteiger partial charge < -0.3 is 5.11 Å². The van der Waals surface area contributed by atoms with Crippen molar-refractivity contribution in [1.29, 1.82) is 0 Å². The minimum atomic E-state index is -0.701. The molecule has 3 nitrogen and oxygen atoms in total. The van der Waals surface area contributed by atoms with Crippen LogP contribution < -0.4 is 0 Å². The van der Waals surface area contributed by atoms with Gasteiger partial charge in [0.25, 0.3) is 0 Å². The van der Waals surface area contributed by atoms with Crippen molar-refractivity contribution in [2.75, 3.05) is 11.5 Å². The number of aryl methyl sites for hydroxylation is 2.